The molecule has 0 saturated carbocycles. The lowest BCUT2D eigenvalue weighted by atomic mass is 10.1. The number of benzene rings is 1. The molecule has 172 valence electrons. The number of aryl methyl sites for hydroxylation is 1. The number of esters is 1. The van der Waals surface area contributed by atoms with Gasteiger partial charge in [0.2, 0.25) is 0 Å². The van der Waals surface area contributed by atoms with Crippen molar-refractivity contribution >= 4 is 33.4 Å². The summed E-state index contributed by atoms with van der Waals surface area (Å²) in [6.45, 7) is 8.38. The van der Waals surface area contributed by atoms with Gasteiger partial charge in [-0.2, -0.15) is 5.10 Å². The highest BCUT2D eigenvalue weighted by Crippen LogP contribution is 2.30. The number of rotatable bonds is 9. The van der Waals surface area contributed by atoms with E-state index in [2.05, 4.69) is 24.3 Å². The van der Waals surface area contributed by atoms with E-state index in [-0.39, 0.29) is 12.6 Å². The van der Waals surface area contributed by atoms with E-state index in [9.17, 15) is 9.59 Å². The minimum atomic E-state index is -0.525. The average molecular weight is 460 g/mol. The van der Waals surface area contributed by atoms with Gasteiger partial charge in [-0.25, -0.2) is 4.79 Å². The van der Waals surface area contributed by atoms with Crippen molar-refractivity contribution in [2.45, 2.75) is 40.3 Å². The van der Waals surface area contributed by atoms with Crippen LogP contribution in [-0.4, -0.2) is 42.5 Å². The number of aromatic nitrogens is 2. The highest BCUT2D eigenvalue weighted by Gasteiger charge is 2.20. The van der Waals surface area contributed by atoms with Crippen LogP contribution in [0.5, 0.6) is 11.5 Å². The first kappa shape index (κ1) is 23.6. The molecule has 0 saturated heterocycles. The highest BCUT2D eigenvalue weighted by molar-refractivity contribution is 7.20. The molecule has 1 atom stereocenters. The van der Waals surface area contributed by atoms with Crippen LogP contribution in [0.2, 0.25) is 0 Å². The number of fused-ring (bicyclic) bond motifs is 1. The van der Waals surface area contributed by atoms with Crippen LogP contribution in [0.1, 0.15) is 47.7 Å². The van der Waals surface area contributed by atoms with E-state index in [1.54, 1.807) is 38.5 Å². The minimum absolute atomic E-state index is 0.361. The quantitative estimate of drug-likeness (QED) is 0.484. The second-order valence-corrected chi connectivity index (χ2v) is 8.99. The third-order valence-electron chi connectivity index (χ3n) is 4.96. The monoisotopic (exact) mass is 459 g/mol. The van der Waals surface area contributed by atoms with Gasteiger partial charge in [0.15, 0.2) is 6.61 Å². The SMILES string of the molecule is COc1ccc(OC)c(C(C)NC(=O)COC(=O)c2cc3c(C)nn(CC(C)C)c3s2)c1. The third-order valence-corrected chi connectivity index (χ3v) is 6.09. The molecule has 0 radical (unpaired) electrons. The van der Waals surface area contributed by atoms with Gasteiger partial charge in [0.05, 0.1) is 26.0 Å². The molecule has 3 aromatic rings. The maximum Gasteiger partial charge on any atom is 0.348 e. The van der Waals surface area contributed by atoms with Gasteiger partial charge in [-0.05, 0) is 44.0 Å². The lowest BCUT2D eigenvalue weighted by Gasteiger charge is -2.18. The Balaban J connectivity index is 1.63. The number of nitrogens with zero attached hydrogens (tertiary/aromatic N) is 2. The lowest BCUT2D eigenvalue weighted by molar-refractivity contribution is -0.124. The second kappa shape index (κ2) is 10.0. The Morgan fingerprint density at radius 1 is 1.16 bits per heavy atom. The predicted molar refractivity (Wildman–Crippen MR) is 124 cm³/mol. The first-order valence-electron chi connectivity index (χ1n) is 10.4. The zero-order valence-corrected chi connectivity index (χ0v) is 20.0. The van der Waals surface area contributed by atoms with Crippen molar-refractivity contribution in [3.05, 3.63) is 40.4 Å². The van der Waals surface area contributed by atoms with Gasteiger partial charge in [0.25, 0.3) is 5.91 Å². The van der Waals surface area contributed by atoms with Crippen LogP contribution in [0.25, 0.3) is 10.2 Å². The van der Waals surface area contributed by atoms with Gasteiger partial charge < -0.3 is 19.5 Å². The van der Waals surface area contributed by atoms with Crippen LogP contribution < -0.4 is 14.8 Å². The van der Waals surface area contributed by atoms with E-state index < -0.39 is 11.9 Å². The number of amides is 1. The molecule has 8 nitrogen and oxygen atoms in total. The van der Waals surface area contributed by atoms with Crippen molar-refractivity contribution in [2.24, 2.45) is 5.92 Å². The molecule has 0 fully saturated rings. The van der Waals surface area contributed by atoms with Crippen molar-refractivity contribution < 1.29 is 23.8 Å². The summed E-state index contributed by atoms with van der Waals surface area (Å²) < 4.78 is 17.8. The van der Waals surface area contributed by atoms with Crippen molar-refractivity contribution in [1.29, 1.82) is 0 Å². The second-order valence-electron chi connectivity index (χ2n) is 7.96. The van der Waals surface area contributed by atoms with Crippen molar-refractivity contribution in [1.82, 2.24) is 15.1 Å². The summed E-state index contributed by atoms with van der Waals surface area (Å²) in [5.41, 5.74) is 1.64. The molecular formula is C23H29N3O5S. The van der Waals surface area contributed by atoms with Gasteiger partial charge in [-0.3, -0.25) is 9.48 Å². The fourth-order valence-electron chi connectivity index (χ4n) is 3.42. The van der Waals surface area contributed by atoms with Crippen molar-refractivity contribution in [3.63, 3.8) is 0 Å². The molecular weight excluding hydrogens is 430 g/mol. The van der Waals surface area contributed by atoms with E-state index in [1.165, 1.54) is 11.3 Å². The summed E-state index contributed by atoms with van der Waals surface area (Å²) in [4.78, 5) is 26.3. The van der Waals surface area contributed by atoms with Crippen molar-refractivity contribution in [2.75, 3.05) is 20.8 Å². The number of hydrogen-bond donors (Lipinski definition) is 1. The molecule has 2 heterocycles. The lowest BCUT2D eigenvalue weighted by Crippen LogP contribution is -2.31. The molecule has 1 amide bonds. The Kier molecular flexibility index (Phi) is 7.40. The largest absolute Gasteiger partial charge is 0.497 e. The fourth-order valence-corrected chi connectivity index (χ4v) is 4.49. The molecule has 1 N–H and O–H groups in total. The molecule has 32 heavy (non-hydrogen) atoms. The zero-order valence-electron chi connectivity index (χ0n) is 19.2. The Hall–Kier alpha value is -3.07. The number of ether oxygens (including phenoxy) is 3. The summed E-state index contributed by atoms with van der Waals surface area (Å²) in [7, 11) is 3.14. The average Bonchev–Trinajstić information content (AvgIpc) is 3.32. The van der Waals surface area contributed by atoms with Gasteiger partial charge in [-0.1, -0.05) is 13.8 Å². The summed E-state index contributed by atoms with van der Waals surface area (Å²) in [6, 6.07) is 6.78. The number of nitrogens with one attached hydrogen (secondary N) is 1. The summed E-state index contributed by atoms with van der Waals surface area (Å²) >= 11 is 1.33. The van der Waals surface area contributed by atoms with Crippen LogP contribution in [0, 0.1) is 12.8 Å². The van der Waals surface area contributed by atoms with Crippen LogP contribution in [0.4, 0.5) is 0 Å². The maximum atomic E-state index is 12.5. The zero-order chi connectivity index (χ0) is 23.4. The number of thiophene rings is 1. The molecule has 1 unspecified atom stereocenters. The van der Waals surface area contributed by atoms with E-state index in [0.717, 1.165) is 28.0 Å². The number of hydrogen-bond acceptors (Lipinski definition) is 7. The molecule has 0 spiro atoms. The van der Waals surface area contributed by atoms with Crippen LogP contribution in [0.15, 0.2) is 24.3 Å². The first-order chi connectivity index (χ1) is 15.2. The smallest absolute Gasteiger partial charge is 0.348 e. The number of methoxy groups -OCH3 is 2. The predicted octanol–water partition coefficient (Wildman–Crippen LogP) is 4.11. The van der Waals surface area contributed by atoms with Gasteiger partial charge >= 0.3 is 5.97 Å². The maximum absolute atomic E-state index is 12.5. The summed E-state index contributed by atoms with van der Waals surface area (Å²) in [5, 5.41) is 8.31. The topological polar surface area (TPSA) is 91.7 Å². The standard InChI is InChI=1S/C23H29N3O5S/c1-13(2)11-26-22-18(15(4)25-26)10-20(32-22)23(28)31-12-21(27)24-14(3)17-9-16(29-5)7-8-19(17)30-6/h7-10,13-14H,11-12H2,1-6H3,(H,24,27). The van der Waals surface area contributed by atoms with E-state index in [1.807, 2.05) is 18.5 Å². The fraction of sp³-hybridized carbons (Fsp3) is 0.435. The molecule has 0 aliphatic carbocycles. The third kappa shape index (κ3) is 5.21. The Morgan fingerprint density at radius 3 is 2.56 bits per heavy atom. The molecule has 0 aliphatic heterocycles. The normalized spacial score (nSPS) is 12.1. The highest BCUT2D eigenvalue weighted by atomic mass is 32.1. The van der Waals surface area contributed by atoms with Crippen LogP contribution in [-0.2, 0) is 16.1 Å². The van der Waals surface area contributed by atoms with Gasteiger partial charge in [0.1, 0.15) is 21.2 Å². The summed E-state index contributed by atoms with van der Waals surface area (Å²) in [6.07, 6.45) is 0. The first-order valence-corrected chi connectivity index (χ1v) is 11.2. The molecule has 0 bridgehead atoms. The van der Waals surface area contributed by atoms with E-state index >= 15 is 0 Å². The Morgan fingerprint density at radius 2 is 1.91 bits per heavy atom. The van der Waals surface area contributed by atoms with Gasteiger partial charge in [0, 0.05) is 17.5 Å². The molecule has 0 aliphatic rings. The molecule has 9 heteroatoms. The van der Waals surface area contributed by atoms with E-state index in [0.29, 0.717) is 22.3 Å². The number of carbonyl (C=O) groups excluding carboxylic acids is 2. The number of carbonyl (C=O) groups is 2. The van der Waals surface area contributed by atoms with Gasteiger partial charge in [-0.15, -0.1) is 11.3 Å². The van der Waals surface area contributed by atoms with Crippen LogP contribution in [0.3, 0.4) is 0 Å². The molecule has 2 aromatic heterocycles. The Labute approximate surface area is 191 Å². The Bertz CT molecular complexity index is 1120. The van der Waals surface area contributed by atoms with E-state index in [4.69, 9.17) is 14.2 Å². The minimum Gasteiger partial charge on any atom is -0.497 e. The summed E-state index contributed by atoms with van der Waals surface area (Å²) in [5.74, 6) is 0.794. The molecule has 1 aromatic carbocycles. The van der Waals surface area contributed by atoms with Crippen molar-refractivity contribution in [3.8, 4) is 11.5 Å². The molecule has 3 rings (SSSR count). The van der Waals surface area contributed by atoms with Crippen LogP contribution >= 0.6 is 11.3 Å².